The Balaban J connectivity index is 1.16. The van der Waals surface area contributed by atoms with E-state index in [1.165, 1.54) is 127 Å². The minimum atomic E-state index is 0.0249. The van der Waals surface area contributed by atoms with Crippen LogP contribution >= 0.6 is 0 Å². The second kappa shape index (κ2) is 16.9. The van der Waals surface area contributed by atoms with Gasteiger partial charge in [0.2, 0.25) is 6.71 Å². The summed E-state index contributed by atoms with van der Waals surface area (Å²) in [5, 5.41) is 9.69. The van der Waals surface area contributed by atoms with E-state index in [4.69, 9.17) is 4.74 Å². The summed E-state index contributed by atoms with van der Waals surface area (Å²) in [7, 11) is 0. The topological polar surface area (TPSA) is 12.5 Å². The molecule has 0 aromatic heterocycles. The third kappa shape index (κ3) is 7.17. The molecule has 0 bridgehead atoms. The molecule has 0 spiro atoms. The lowest BCUT2D eigenvalue weighted by molar-refractivity contribution is 0.487. The Bertz CT molecular complexity index is 3720. The second-order valence-corrected chi connectivity index (χ2v) is 19.9. The maximum Gasteiger partial charge on any atom is 0.242 e. The lowest BCUT2D eigenvalue weighted by Crippen LogP contribution is -2.56. The van der Waals surface area contributed by atoms with Crippen molar-refractivity contribution < 1.29 is 4.74 Å². The van der Waals surface area contributed by atoms with E-state index in [1.54, 1.807) is 0 Å². The molecule has 0 radical (unpaired) electrons. The van der Waals surface area contributed by atoms with Gasteiger partial charge in [0.15, 0.2) is 0 Å². The van der Waals surface area contributed by atoms with E-state index in [2.05, 4.69) is 232 Å². The number of fused-ring (bicyclic) bond motifs is 7. The summed E-state index contributed by atoms with van der Waals surface area (Å²) < 4.78 is 7.15. The smallest absolute Gasteiger partial charge is 0.242 e. The summed E-state index contributed by atoms with van der Waals surface area (Å²) in [5.74, 6) is 1.72. The van der Waals surface area contributed by atoms with E-state index in [1.807, 2.05) is 6.08 Å². The Kier molecular flexibility index (Phi) is 10.7. The Morgan fingerprint density at radius 3 is 1.75 bits per heavy atom. The second-order valence-electron chi connectivity index (χ2n) is 19.9. The number of hydrogen-bond donors (Lipinski definition) is 0. The van der Waals surface area contributed by atoms with Gasteiger partial charge < -0.3 is 9.64 Å². The Hall–Kier alpha value is -7.62. The lowest BCUT2D eigenvalue weighted by Gasteiger charge is -2.31. The Morgan fingerprint density at radius 1 is 0.478 bits per heavy atom. The van der Waals surface area contributed by atoms with Gasteiger partial charge in [-0.1, -0.05) is 183 Å². The molecule has 69 heavy (non-hydrogen) atoms. The van der Waals surface area contributed by atoms with Gasteiger partial charge in [-0.15, -0.1) is 0 Å². The number of allylic oxidation sites excluding steroid dienone is 2. The van der Waals surface area contributed by atoms with Crippen LogP contribution in [0.4, 0.5) is 17.1 Å². The van der Waals surface area contributed by atoms with Gasteiger partial charge in [-0.25, -0.2) is 0 Å². The van der Waals surface area contributed by atoms with E-state index in [-0.39, 0.29) is 6.71 Å². The SMILES string of the molecule is C=C/C=C\c1c(C)c(B(c2c(C)cc(C)cc2C)c2c(C)cc(C)cc2C)cc2c1cc1c3c(cccc32)Oc2cc(N(c3c(C)cc(C)cc3C)c3cccc4c3ccc3ccccc34)ccc2-1. The summed E-state index contributed by atoms with van der Waals surface area (Å²) in [5.41, 5.74) is 23.8. The molecule has 0 aliphatic carbocycles. The lowest BCUT2D eigenvalue weighted by atomic mass is 9.33. The van der Waals surface area contributed by atoms with Gasteiger partial charge in [-0.2, -0.15) is 0 Å². The number of ether oxygens (including phenoxy) is 1. The number of aryl methyl sites for hydroxylation is 9. The molecule has 10 aromatic carbocycles. The maximum atomic E-state index is 7.15. The first-order valence-electron chi connectivity index (χ1n) is 24.4. The van der Waals surface area contributed by atoms with Crippen LogP contribution in [0.5, 0.6) is 11.5 Å². The van der Waals surface area contributed by atoms with Crippen LogP contribution in [0.15, 0.2) is 158 Å². The zero-order chi connectivity index (χ0) is 48.0. The maximum absolute atomic E-state index is 7.15. The highest BCUT2D eigenvalue weighted by Crippen LogP contribution is 2.52. The molecule has 0 unspecified atom stereocenters. The molecule has 336 valence electrons. The molecule has 1 heterocycles. The predicted octanol–water partition coefficient (Wildman–Crippen LogP) is 16.3. The number of nitrogens with zero attached hydrogens (tertiary/aromatic N) is 1. The molecule has 0 atom stereocenters. The zero-order valence-corrected chi connectivity index (χ0v) is 41.7. The molecular weight excluding hydrogens is 834 g/mol. The van der Waals surface area contributed by atoms with Crippen LogP contribution in [0, 0.1) is 69.2 Å². The zero-order valence-electron chi connectivity index (χ0n) is 41.7. The van der Waals surface area contributed by atoms with Gasteiger partial charge >= 0.3 is 0 Å². The van der Waals surface area contributed by atoms with Crippen molar-refractivity contribution in [1.82, 2.24) is 0 Å². The normalized spacial score (nSPS) is 12.0. The predicted molar refractivity (Wildman–Crippen MR) is 301 cm³/mol. The van der Waals surface area contributed by atoms with Gasteiger partial charge in [0, 0.05) is 28.1 Å². The van der Waals surface area contributed by atoms with Gasteiger partial charge in [0.1, 0.15) is 11.5 Å². The fourth-order valence-electron chi connectivity index (χ4n) is 12.4. The molecule has 0 saturated carbocycles. The molecule has 11 rings (SSSR count). The molecule has 0 fully saturated rings. The van der Waals surface area contributed by atoms with E-state index < -0.39 is 0 Å². The van der Waals surface area contributed by atoms with E-state index in [0.717, 1.165) is 33.8 Å². The monoisotopic (exact) mass is 891 g/mol. The largest absolute Gasteiger partial charge is 0.456 e. The Labute approximate surface area is 408 Å². The van der Waals surface area contributed by atoms with Crippen molar-refractivity contribution in [2.75, 3.05) is 4.90 Å². The van der Waals surface area contributed by atoms with Crippen LogP contribution in [-0.4, -0.2) is 6.71 Å². The minimum absolute atomic E-state index is 0.0249. The first-order chi connectivity index (χ1) is 33.3. The van der Waals surface area contributed by atoms with Crippen LogP contribution in [0.1, 0.15) is 61.2 Å². The molecule has 1 aliphatic rings. The highest BCUT2D eigenvalue weighted by atomic mass is 16.5. The number of rotatable bonds is 8. The van der Waals surface area contributed by atoms with Crippen molar-refractivity contribution in [2.45, 2.75) is 69.2 Å². The molecule has 0 saturated heterocycles. The van der Waals surface area contributed by atoms with Crippen molar-refractivity contribution in [3.63, 3.8) is 0 Å². The number of anilines is 3. The van der Waals surface area contributed by atoms with Gasteiger partial charge in [0.25, 0.3) is 0 Å². The van der Waals surface area contributed by atoms with Crippen LogP contribution in [-0.2, 0) is 0 Å². The highest BCUT2D eigenvalue weighted by molar-refractivity contribution is 6.97. The molecule has 2 nitrogen and oxygen atoms in total. The molecule has 0 amide bonds. The summed E-state index contributed by atoms with van der Waals surface area (Å²) >= 11 is 0. The van der Waals surface area contributed by atoms with Crippen LogP contribution in [0.2, 0.25) is 0 Å². The summed E-state index contributed by atoms with van der Waals surface area (Å²) in [6.45, 7) is 26.7. The van der Waals surface area contributed by atoms with Crippen molar-refractivity contribution >= 4 is 89.3 Å². The van der Waals surface area contributed by atoms with Crippen LogP contribution < -0.4 is 26.0 Å². The van der Waals surface area contributed by atoms with Gasteiger partial charge in [-0.3, -0.25) is 0 Å². The van der Waals surface area contributed by atoms with Gasteiger partial charge in [0.05, 0.1) is 11.4 Å². The van der Waals surface area contributed by atoms with Crippen molar-refractivity contribution in [2.24, 2.45) is 0 Å². The average molecular weight is 892 g/mol. The summed E-state index contributed by atoms with van der Waals surface area (Å²) in [4.78, 5) is 2.45. The van der Waals surface area contributed by atoms with Crippen LogP contribution in [0.3, 0.4) is 0 Å². The standard InChI is InChI=1S/C66H58BNO/c1-12-13-19-50-47(11)59(67(64-41(5)29-38(2)30-42(64)6)65-43(7)31-39(3)32-44(65)8)37-57-55-22-17-24-61-63(55)58(36-56(50)57)54-28-26-49(35-62(54)69-61)68(66-45(9)33-40(4)34-46(66)10)60-23-16-21-52-51-20-15-14-18-48(51)25-27-53(52)60/h12-37H,1H2,2-11H3/b19-13-. The van der Waals surface area contributed by atoms with Crippen molar-refractivity contribution in [3.05, 3.63) is 219 Å². The highest BCUT2D eigenvalue weighted by Gasteiger charge is 2.32. The summed E-state index contributed by atoms with van der Waals surface area (Å²) in [6.07, 6.45) is 6.27. The van der Waals surface area contributed by atoms with Crippen molar-refractivity contribution in [3.8, 4) is 22.6 Å². The minimum Gasteiger partial charge on any atom is -0.456 e. The molecule has 0 N–H and O–H groups in total. The summed E-state index contributed by atoms with van der Waals surface area (Å²) in [6, 6.07) is 52.4. The first kappa shape index (κ1) is 43.9. The number of hydrogen-bond acceptors (Lipinski definition) is 2. The van der Waals surface area contributed by atoms with Crippen LogP contribution in [0.25, 0.3) is 60.3 Å². The molecule has 1 aliphatic heterocycles. The quantitative estimate of drug-likeness (QED) is 0.0856. The van der Waals surface area contributed by atoms with Crippen molar-refractivity contribution in [1.29, 1.82) is 0 Å². The number of benzene rings is 10. The Morgan fingerprint density at radius 2 is 1.09 bits per heavy atom. The van der Waals surface area contributed by atoms with E-state index in [0.29, 0.717) is 0 Å². The van der Waals surface area contributed by atoms with E-state index >= 15 is 0 Å². The molecule has 10 aromatic rings. The molecular formula is C66H58BNO. The van der Waals surface area contributed by atoms with E-state index in [9.17, 15) is 0 Å². The third-order valence-electron chi connectivity index (χ3n) is 15.0. The fourth-order valence-corrected chi connectivity index (χ4v) is 12.4. The molecule has 3 heteroatoms. The fraction of sp³-hybridized carbons (Fsp3) is 0.152. The first-order valence-corrected chi connectivity index (χ1v) is 24.4. The average Bonchev–Trinajstić information content (AvgIpc) is 3.31. The van der Waals surface area contributed by atoms with Gasteiger partial charge in [-0.05, 0) is 160 Å². The third-order valence-corrected chi connectivity index (χ3v) is 15.0.